The van der Waals surface area contributed by atoms with Crippen LogP contribution in [0.4, 0.5) is 5.69 Å². The van der Waals surface area contributed by atoms with Crippen molar-refractivity contribution in [2.45, 2.75) is 208 Å². The summed E-state index contributed by atoms with van der Waals surface area (Å²) < 4.78 is 54.9. The monoisotopic (exact) mass is 1050 g/mol. The maximum absolute atomic E-state index is 13.5. The third kappa shape index (κ3) is 11.6. The quantitative estimate of drug-likeness (QED) is 0.0823. The average molecular weight is 1050 g/mol. The Labute approximate surface area is 442 Å². The third-order valence-electron chi connectivity index (χ3n) is 19.2. The van der Waals surface area contributed by atoms with Crippen LogP contribution in [0.1, 0.15) is 159 Å². The lowest BCUT2D eigenvalue weighted by atomic mass is 9.35. The number of hydrogen-bond acceptors (Lipinski definition) is 18. The number of para-hydroxylation sites is 1. The van der Waals surface area contributed by atoms with E-state index in [9.17, 15) is 33.6 Å². The number of carbonyl (C=O) groups excluding carboxylic acids is 7. The van der Waals surface area contributed by atoms with Crippen LogP contribution in [0.2, 0.25) is 0 Å². The first kappa shape index (κ1) is 57.9. The number of methoxy groups -OCH3 is 1. The molecule has 5 fully saturated rings. The highest BCUT2D eigenvalue weighted by molar-refractivity contribution is 5.76. The molecule has 1 aromatic carbocycles. The lowest BCUT2D eigenvalue weighted by molar-refractivity contribution is -0.339. The Balaban J connectivity index is 1.28. The first-order valence-electron chi connectivity index (χ1n) is 27.2. The number of fused-ring (bicyclic) bond motifs is 6. The van der Waals surface area contributed by atoms with Gasteiger partial charge in [-0.05, 0) is 123 Å². The van der Waals surface area contributed by atoms with Crippen molar-refractivity contribution in [3.8, 4) is 0 Å². The van der Waals surface area contributed by atoms with E-state index in [1.807, 2.05) is 25.1 Å². The van der Waals surface area contributed by atoms with Gasteiger partial charge >= 0.3 is 41.8 Å². The third-order valence-corrected chi connectivity index (χ3v) is 19.2. The van der Waals surface area contributed by atoms with Gasteiger partial charge in [-0.15, -0.1) is 0 Å². The molecule has 18 nitrogen and oxygen atoms in total. The fourth-order valence-corrected chi connectivity index (χ4v) is 16.0. The average Bonchev–Trinajstić information content (AvgIpc) is 3.92. The van der Waals surface area contributed by atoms with E-state index in [-0.39, 0.29) is 63.9 Å². The van der Waals surface area contributed by atoms with Crippen LogP contribution in [0.3, 0.4) is 0 Å². The number of nitrogens with one attached hydrogen (secondary N) is 2. The van der Waals surface area contributed by atoms with Gasteiger partial charge in [0.25, 0.3) is 0 Å². The Morgan fingerprint density at radius 3 is 2.01 bits per heavy atom. The van der Waals surface area contributed by atoms with Gasteiger partial charge in [0, 0.05) is 71.0 Å². The summed E-state index contributed by atoms with van der Waals surface area (Å²) in [5, 5.41) is 6.95. The van der Waals surface area contributed by atoms with Gasteiger partial charge in [0.1, 0.15) is 31.0 Å². The number of ether oxygens (including phenoxy) is 9. The molecule has 1 saturated heterocycles. The summed E-state index contributed by atoms with van der Waals surface area (Å²) in [6, 6.07) is 7.43. The van der Waals surface area contributed by atoms with E-state index in [1.165, 1.54) is 48.7 Å². The SMILES string of the molecule is COC(=O)[C@H](CC1CNc2ccccc21)NCCC[C@](C)(O[C@H]1O[C@H](COC(C)=O)[C@@H](OC(C)=O)[C@H](OC(C)=O)C1OC(C)=O)C1CC[C@]2(C)[C@@H]1C(OC(C)=O)CC1[C@@]3(C)CC[C@H](OC(C)=O)C(C)(C)C3CC[C@]12C. The van der Waals surface area contributed by atoms with Crippen LogP contribution in [0.15, 0.2) is 24.3 Å². The van der Waals surface area contributed by atoms with Gasteiger partial charge in [0.2, 0.25) is 0 Å². The Bertz CT molecular complexity index is 2310. The Morgan fingerprint density at radius 1 is 0.747 bits per heavy atom. The normalized spacial score (nSPS) is 36.5. The van der Waals surface area contributed by atoms with E-state index in [0.717, 1.165) is 43.4 Å². The van der Waals surface area contributed by atoms with Crippen LogP contribution >= 0.6 is 0 Å². The number of rotatable bonds is 18. The molecule has 18 heteroatoms. The van der Waals surface area contributed by atoms with Gasteiger partial charge in [-0.25, -0.2) is 0 Å². The summed E-state index contributed by atoms with van der Waals surface area (Å²) in [6.45, 7) is 21.9. The highest BCUT2D eigenvalue weighted by atomic mass is 16.7. The van der Waals surface area contributed by atoms with Crippen molar-refractivity contribution in [2.24, 2.45) is 45.3 Å². The fourth-order valence-electron chi connectivity index (χ4n) is 16.0. The van der Waals surface area contributed by atoms with Crippen molar-refractivity contribution in [2.75, 3.05) is 32.1 Å². The van der Waals surface area contributed by atoms with Crippen molar-refractivity contribution in [1.82, 2.24) is 5.32 Å². The van der Waals surface area contributed by atoms with Gasteiger partial charge in [0.15, 0.2) is 24.6 Å². The molecule has 4 aliphatic carbocycles. The molecule has 2 heterocycles. The van der Waals surface area contributed by atoms with Crippen LogP contribution in [-0.4, -0.2) is 123 Å². The standard InChI is InChI=1S/C57H84N2O16/c1-31(60)68-30-43-48(71-34(4)63)49(72-35(5)64)50(73-36(6)65)52(74-43)75-57(12,22-16-26-58-41(51(66)67-13)27-37-29-59-40-18-15-14-17-38(37)40)39-19-24-56(11)47(39)42(69-32(2)61)28-45-54(9)23-21-46(70-33(3)62)53(7,8)44(54)20-25-55(45,56)10/h14-15,17-18,37,39,41-50,52,58-59H,16,19-30H2,1-13H3/t37?,39?,41-,42?,43+,44?,45?,46-,47-,48+,49-,50?,52+,54-,55+,56+,57-/m0/s1. The minimum atomic E-state index is -1.48. The van der Waals surface area contributed by atoms with Gasteiger partial charge in [-0.2, -0.15) is 0 Å². The maximum Gasteiger partial charge on any atom is 0.322 e. The molecular formula is C57H84N2O16. The molecule has 418 valence electrons. The molecular weight excluding hydrogens is 969 g/mol. The predicted octanol–water partition coefficient (Wildman–Crippen LogP) is 7.51. The van der Waals surface area contributed by atoms with E-state index in [2.05, 4.69) is 51.3 Å². The molecule has 1 aromatic rings. The summed E-state index contributed by atoms with van der Waals surface area (Å²) in [5.41, 5.74) is -0.135. The van der Waals surface area contributed by atoms with Crippen LogP contribution in [0.5, 0.6) is 0 Å². The molecule has 6 aliphatic rings. The second-order valence-electron chi connectivity index (χ2n) is 24.0. The molecule has 0 amide bonds. The minimum Gasteiger partial charge on any atom is -0.468 e. The molecule has 0 bridgehead atoms. The highest BCUT2D eigenvalue weighted by Crippen LogP contribution is 2.76. The summed E-state index contributed by atoms with van der Waals surface area (Å²) >= 11 is 0. The number of hydrogen-bond donors (Lipinski definition) is 2. The van der Waals surface area contributed by atoms with Crippen molar-refractivity contribution in [3.05, 3.63) is 29.8 Å². The van der Waals surface area contributed by atoms with Crippen molar-refractivity contribution in [3.63, 3.8) is 0 Å². The van der Waals surface area contributed by atoms with Crippen LogP contribution in [0.25, 0.3) is 0 Å². The Morgan fingerprint density at radius 2 is 1.37 bits per heavy atom. The second kappa shape index (κ2) is 22.6. The largest absolute Gasteiger partial charge is 0.468 e. The van der Waals surface area contributed by atoms with Gasteiger partial charge in [-0.1, -0.05) is 52.8 Å². The summed E-state index contributed by atoms with van der Waals surface area (Å²) in [6.07, 6.45) is -1.05. The van der Waals surface area contributed by atoms with E-state index in [1.54, 1.807) is 0 Å². The minimum absolute atomic E-state index is 0.0622. The highest BCUT2D eigenvalue weighted by Gasteiger charge is 2.73. The van der Waals surface area contributed by atoms with E-state index in [4.69, 9.17) is 42.6 Å². The van der Waals surface area contributed by atoms with Gasteiger partial charge in [0.05, 0.1) is 12.7 Å². The van der Waals surface area contributed by atoms with Crippen LogP contribution in [0, 0.1) is 45.3 Å². The smallest absolute Gasteiger partial charge is 0.322 e. The molecule has 4 saturated carbocycles. The zero-order chi connectivity index (χ0) is 55.0. The topological polar surface area (TPSA) is 227 Å². The summed E-state index contributed by atoms with van der Waals surface area (Å²) in [7, 11) is 1.38. The second-order valence-corrected chi connectivity index (χ2v) is 24.0. The molecule has 2 aliphatic heterocycles. The van der Waals surface area contributed by atoms with Crippen molar-refractivity contribution < 1.29 is 76.2 Å². The molecule has 0 aromatic heterocycles. The Hall–Kier alpha value is -4.81. The van der Waals surface area contributed by atoms with E-state index < -0.39 is 90.3 Å². The lowest BCUT2D eigenvalue weighted by Gasteiger charge is -2.70. The molecule has 6 unspecified atom stereocenters. The first-order valence-corrected chi connectivity index (χ1v) is 27.2. The predicted molar refractivity (Wildman–Crippen MR) is 272 cm³/mol. The van der Waals surface area contributed by atoms with E-state index >= 15 is 0 Å². The molecule has 17 atom stereocenters. The molecule has 0 spiro atoms. The van der Waals surface area contributed by atoms with Crippen LogP contribution < -0.4 is 10.6 Å². The molecule has 2 N–H and O–H groups in total. The fraction of sp³-hybridized carbons (Fsp3) is 0.772. The molecule has 75 heavy (non-hydrogen) atoms. The summed E-state index contributed by atoms with van der Waals surface area (Å²) in [4.78, 5) is 90.2. The van der Waals surface area contributed by atoms with Crippen LogP contribution in [-0.2, 0) is 76.2 Å². The van der Waals surface area contributed by atoms with Crippen molar-refractivity contribution >= 4 is 47.5 Å². The number of benzene rings is 1. The van der Waals surface area contributed by atoms with Crippen molar-refractivity contribution in [1.29, 1.82) is 0 Å². The zero-order valence-corrected chi connectivity index (χ0v) is 46.5. The summed E-state index contributed by atoms with van der Waals surface area (Å²) in [5.74, 6) is -4.12. The maximum atomic E-state index is 13.5. The lowest BCUT2D eigenvalue weighted by Crippen LogP contribution is -2.67. The van der Waals surface area contributed by atoms with E-state index in [0.29, 0.717) is 45.2 Å². The number of esters is 7. The van der Waals surface area contributed by atoms with Gasteiger partial charge in [-0.3, -0.25) is 33.6 Å². The number of carbonyl (C=O) groups is 7. The van der Waals surface area contributed by atoms with Gasteiger partial charge < -0.3 is 53.3 Å². The number of anilines is 1. The Kier molecular flexibility index (Phi) is 17.5. The molecule has 0 radical (unpaired) electrons. The molecule has 7 rings (SSSR count). The first-order chi connectivity index (χ1) is 35.2. The zero-order valence-electron chi connectivity index (χ0n) is 46.5.